The molecule has 0 aliphatic carbocycles. The molecular weight excluding hydrogens is 451 g/mol. The Morgan fingerprint density at radius 1 is 1.11 bits per heavy atom. The van der Waals surface area contributed by atoms with Gasteiger partial charge in [-0.15, -0.1) is 24.0 Å². The van der Waals surface area contributed by atoms with E-state index in [9.17, 15) is 4.79 Å². The van der Waals surface area contributed by atoms with E-state index in [1.807, 2.05) is 42.2 Å². The third-order valence-electron chi connectivity index (χ3n) is 4.61. The van der Waals surface area contributed by atoms with E-state index in [2.05, 4.69) is 40.7 Å². The van der Waals surface area contributed by atoms with E-state index < -0.39 is 0 Å². The smallest absolute Gasteiger partial charge is 0.246 e. The lowest BCUT2D eigenvalue weighted by Gasteiger charge is -2.19. The van der Waals surface area contributed by atoms with Crippen molar-refractivity contribution in [3.63, 3.8) is 0 Å². The molecule has 0 saturated carbocycles. The van der Waals surface area contributed by atoms with Crippen LogP contribution in [0.1, 0.15) is 23.6 Å². The molecule has 27 heavy (non-hydrogen) atoms. The van der Waals surface area contributed by atoms with Gasteiger partial charge >= 0.3 is 0 Å². The van der Waals surface area contributed by atoms with Crippen LogP contribution in [0.2, 0.25) is 0 Å². The van der Waals surface area contributed by atoms with Crippen LogP contribution in [0, 0.1) is 6.92 Å². The molecule has 3 rings (SSSR count). The Morgan fingerprint density at radius 2 is 1.85 bits per heavy atom. The van der Waals surface area contributed by atoms with Crippen LogP contribution in [-0.2, 0) is 17.8 Å². The molecule has 0 spiro atoms. The number of nitrogens with zero attached hydrogens (tertiary/aromatic N) is 2. The maximum Gasteiger partial charge on any atom is 0.246 e. The molecule has 2 aromatic carbocycles. The first-order valence-corrected chi connectivity index (χ1v) is 9.14. The third kappa shape index (κ3) is 5.45. The fourth-order valence-corrected chi connectivity index (χ4v) is 3.15. The normalized spacial score (nSPS) is 13.0. The summed E-state index contributed by atoms with van der Waals surface area (Å²) in [7, 11) is 0. The van der Waals surface area contributed by atoms with Gasteiger partial charge in [0.15, 0.2) is 5.96 Å². The first-order valence-electron chi connectivity index (χ1n) is 9.14. The lowest BCUT2D eigenvalue weighted by molar-refractivity contribution is -0.117. The van der Waals surface area contributed by atoms with E-state index in [4.69, 9.17) is 0 Å². The van der Waals surface area contributed by atoms with E-state index in [0.717, 1.165) is 25.2 Å². The summed E-state index contributed by atoms with van der Waals surface area (Å²) in [6, 6.07) is 16.3. The fraction of sp³-hybridized carbons (Fsp3) is 0.333. The Balaban J connectivity index is 0.00000261. The predicted octanol–water partition coefficient (Wildman–Crippen LogP) is 3.26. The number of hydrogen-bond acceptors (Lipinski definition) is 2. The molecule has 1 aliphatic heterocycles. The van der Waals surface area contributed by atoms with Gasteiger partial charge in [-0.1, -0.05) is 42.5 Å². The maximum atomic E-state index is 12.6. The minimum atomic E-state index is 0. The van der Waals surface area contributed by atoms with Crippen molar-refractivity contribution in [1.82, 2.24) is 10.6 Å². The number of aliphatic imine (C=N–C) groups is 1. The van der Waals surface area contributed by atoms with Crippen LogP contribution in [0.25, 0.3) is 0 Å². The van der Waals surface area contributed by atoms with E-state index in [1.165, 1.54) is 16.7 Å². The van der Waals surface area contributed by atoms with Crippen LogP contribution >= 0.6 is 24.0 Å². The molecule has 1 aliphatic rings. The van der Waals surface area contributed by atoms with Crippen molar-refractivity contribution in [1.29, 1.82) is 0 Å². The predicted molar refractivity (Wildman–Crippen MR) is 122 cm³/mol. The van der Waals surface area contributed by atoms with Crippen molar-refractivity contribution >= 4 is 41.5 Å². The zero-order chi connectivity index (χ0) is 18.4. The Hall–Kier alpha value is -2.09. The Bertz CT molecular complexity index is 806. The van der Waals surface area contributed by atoms with Crippen LogP contribution < -0.4 is 15.5 Å². The third-order valence-corrected chi connectivity index (χ3v) is 4.61. The summed E-state index contributed by atoms with van der Waals surface area (Å²) < 4.78 is 0. The monoisotopic (exact) mass is 478 g/mol. The van der Waals surface area contributed by atoms with Gasteiger partial charge in [0, 0.05) is 18.8 Å². The highest BCUT2D eigenvalue weighted by atomic mass is 127. The van der Waals surface area contributed by atoms with Gasteiger partial charge in [-0.2, -0.15) is 0 Å². The average molecular weight is 478 g/mol. The number of nitrogens with one attached hydrogen (secondary N) is 2. The van der Waals surface area contributed by atoms with E-state index in [-0.39, 0.29) is 36.4 Å². The molecule has 6 heteroatoms. The number of carbonyl (C=O) groups is 1. The van der Waals surface area contributed by atoms with Crippen LogP contribution in [0.15, 0.2) is 53.5 Å². The second-order valence-electron chi connectivity index (χ2n) is 6.40. The zero-order valence-electron chi connectivity index (χ0n) is 15.9. The molecule has 0 radical (unpaired) electrons. The standard InChI is InChI=1S/C21H26N4O.HI/c1-3-22-21(23-14-18-10-5-4-8-16(18)2)24-15-20(26)25-13-12-17-9-6-7-11-19(17)25;/h4-11H,3,12-15H2,1-2H3,(H2,22,23,24);1H. The van der Waals surface area contributed by atoms with Crippen molar-refractivity contribution in [2.75, 3.05) is 24.5 Å². The van der Waals surface area contributed by atoms with Crippen molar-refractivity contribution in [3.05, 3.63) is 65.2 Å². The Labute approximate surface area is 178 Å². The molecule has 1 heterocycles. The molecule has 0 unspecified atom stereocenters. The highest BCUT2D eigenvalue weighted by Gasteiger charge is 2.23. The van der Waals surface area contributed by atoms with Gasteiger partial charge in [-0.3, -0.25) is 4.79 Å². The second kappa shape index (κ2) is 10.3. The van der Waals surface area contributed by atoms with Crippen LogP contribution in [0.5, 0.6) is 0 Å². The number of amides is 1. The molecule has 0 bridgehead atoms. The number of anilines is 1. The first-order chi connectivity index (χ1) is 12.7. The minimum Gasteiger partial charge on any atom is -0.357 e. The topological polar surface area (TPSA) is 56.7 Å². The number of para-hydroxylation sites is 1. The van der Waals surface area contributed by atoms with Crippen LogP contribution in [0.3, 0.4) is 0 Å². The number of rotatable bonds is 5. The molecule has 5 nitrogen and oxygen atoms in total. The van der Waals surface area contributed by atoms with Gasteiger partial charge in [-0.25, -0.2) is 4.99 Å². The van der Waals surface area contributed by atoms with Gasteiger partial charge in [0.1, 0.15) is 0 Å². The lowest BCUT2D eigenvalue weighted by atomic mass is 10.1. The molecule has 144 valence electrons. The summed E-state index contributed by atoms with van der Waals surface area (Å²) in [5.41, 5.74) is 4.67. The summed E-state index contributed by atoms with van der Waals surface area (Å²) in [6.07, 6.45) is 0.920. The zero-order valence-corrected chi connectivity index (χ0v) is 18.2. The summed E-state index contributed by atoms with van der Waals surface area (Å²) in [4.78, 5) is 19.1. The molecule has 0 aromatic heterocycles. The maximum absolute atomic E-state index is 12.6. The number of benzene rings is 2. The van der Waals surface area contributed by atoms with E-state index >= 15 is 0 Å². The van der Waals surface area contributed by atoms with Crippen molar-refractivity contribution in [3.8, 4) is 0 Å². The van der Waals surface area contributed by atoms with Gasteiger partial charge in [-0.05, 0) is 43.0 Å². The lowest BCUT2D eigenvalue weighted by Crippen LogP contribution is -2.44. The van der Waals surface area contributed by atoms with Gasteiger partial charge in [0.05, 0.1) is 13.1 Å². The molecule has 2 N–H and O–H groups in total. The minimum absolute atomic E-state index is 0. The van der Waals surface area contributed by atoms with Gasteiger partial charge in [0.25, 0.3) is 0 Å². The molecule has 1 amide bonds. The summed E-state index contributed by atoms with van der Waals surface area (Å²) in [5.74, 6) is 0.730. The molecular formula is C21H27IN4O. The quantitative estimate of drug-likeness (QED) is 0.394. The highest BCUT2D eigenvalue weighted by Crippen LogP contribution is 2.27. The number of aryl methyl sites for hydroxylation is 1. The average Bonchev–Trinajstić information content (AvgIpc) is 3.09. The second-order valence-corrected chi connectivity index (χ2v) is 6.40. The molecule has 0 saturated heterocycles. The number of halogens is 1. The van der Waals surface area contributed by atoms with Crippen LogP contribution in [-0.4, -0.2) is 31.5 Å². The molecule has 0 fully saturated rings. The SMILES string of the molecule is CCNC(=NCc1ccccc1C)NCC(=O)N1CCc2ccccc21.I. The number of carbonyl (C=O) groups excluding carboxylic acids is 1. The summed E-state index contributed by atoms with van der Waals surface area (Å²) in [6.45, 7) is 6.41. The number of guanidine groups is 1. The van der Waals surface area contributed by atoms with E-state index in [1.54, 1.807) is 0 Å². The number of hydrogen-bond donors (Lipinski definition) is 2. The molecule has 2 aromatic rings. The largest absolute Gasteiger partial charge is 0.357 e. The number of fused-ring (bicyclic) bond motifs is 1. The summed E-state index contributed by atoms with van der Waals surface area (Å²) in [5, 5.41) is 6.37. The Kier molecular flexibility index (Phi) is 8.09. The highest BCUT2D eigenvalue weighted by molar-refractivity contribution is 14.0. The van der Waals surface area contributed by atoms with Crippen molar-refractivity contribution in [2.24, 2.45) is 4.99 Å². The molecule has 0 atom stereocenters. The van der Waals surface area contributed by atoms with Crippen LogP contribution in [0.4, 0.5) is 5.69 Å². The summed E-state index contributed by atoms with van der Waals surface area (Å²) >= 11 is 0. The first kappa shape index (κ1) is 21.2. The van der Waals surface area contributed by atoms with Crippen molar-refractivity contribution in [2.45, 2.75) is 26.8 Å². The van der Waals surface area contributed by atoms with Crippen molar-refractivity contribution < 1.29 is 4.79 Å². The Morgan fingerprint density at radius 3 is 2.63 bits per heavy atom. The van der Waals surface area contributed by atoms with Gasteiger partial charge in [0.2, 0.25) is 5.91 Å². The van der Waals surface area contributed by atoms with Gasteiger partial charge < -0.3 is 15.5 Å². The van der Waals surface area contributed by atoms with E-state index in [0.29, 0.717) is 12.5 Å². The fourth-order valence-electron chi connectivity index (χ4n) is 3.15.